The van der Waals surface area contributed by atoms with E-state index in [1.165, 1.54) is 0 Å². The van der Waals surface area contributed by atoms with Crippen molar-refractivity contribution in [1.82, 2.24) is 14.6 Å². The molecule has 74 valence electrons. The second-order valence-corrected chi connectivity index (χ2v) is 5.27. The van der Waals surface area contributed by atoms with Crippen LogP contribution in [0.15, 0.2) is 22.9 Å². The molecule has 3 nitrogen and oxygen atoms in total. The Hall–Kier alpha value is -0.900. The molecule has 0 saturated carbocycles. The van der Waals surface area contributed by atoms with Crippen molar-refractivity contribution < 1.29 is 0 Å². The molecule has 0 atom stereocenters. The number of fused-ring (bicyclic) bond motifs is 1. The monoisotopic (exact) mass is 253 g/mol. The first-order valence-electron chi connectivity index (χ1n) is 4.48. The molecule has 0 N–H and O–H groups in total. The first kappa shape index (κ1) is 9.65. The number of hydrogen-bond acceptors (Lipinski definition) is 2. The Morgan fingerprint density at radius 3 is 2.71 bits per heavy atom. The van der Waals surface area contributed by atoms with Crippen molar-refractivity contribution in [3.05, 3.63) is 28.6 Å². The summed E-state index contributed by atoms with van der Waals surface area (Å²) in [5, 5.41) is 4.47. The summed E-state index contributed by atoms with van der Waals surface area (Å²) in [6.45, 7) is 6.43. The SMILES string of the molecule is CC(C)(C)c1cc2ncc(Br)cn2n1. The topological polar surface area (TPSA) is 30.2 Å². The second-order valence-electron chi connectivity index (χ2n) is 4.35. The molecule has 0 fully saturated rings. The molecule has 0 saturated heterocycles. The summed E-state index contributed by atoms with van der Waals surface area (Å²) >= 11 is 3.37. The average Bonchev–Trinajstić information content (AvgIpc) is 2.45. The second kappa shape index (κ2) is 3.05. The minimum atomic E-state index is 0.0696. The van der Waals surface area contributed by atoms with Gasteiger partial charge in [-0.25, -0.2) is 9.50 Å². The quantitative estimate of drug-likeness (QED) is 0.723. The highest BCUT2D eigenvalue weighted by Crippen LogP contribution is 2.21. The molecule has 2 aromatic heterocycles. The molecule has 0 amide bonds. The van der Waals surface area contributed by atoms with Gasteiger partial charge < -0.3 is 0 Å². The lowest BCUT2D eigenvalue weighted by atomic mass is 9.93. The standard InChI is InChI=1S/C10H12BrN3/c1-10(2,3)8-4-9-12-5-7(11)6-14(9)13-8/h4-6H,1-3H3. The summed E-state index contributed by atoms with van der Waals surface area (Å²) in [6.07, 6.45) is 3.70. The number of hydrogen-bond donors (Lipinski definition) is 0. The van der Waals surface area contributed by atoms with Crippen molar-refractivity contribution in [2.75, 3.05) is 0 Å². The minimum Gasteiger partial charge on any atom is -0.236 e. The van der Waals surface area contributed by atoms with E-state index >= 15 is 0 Å². The third kappa shape index (κ3) is 1.66. The van der Waals surface area contributed by atoms with E-state index in [1.807, 2.05) is 12.3 Å². The lowest BCUT2D eigenvalue weighted by Gasteiger charge is -2.13. The van der Waals surface area contributed by atoms with Gasteiger partial charge in [0.05, 0.1) is 10.2 Å². The van der Waals surface area contributed by atoms with Gasteiger partial charge in [0.1, 0.15) is 0 Å². The highest BCUT2D eigenvalue weighted by molar-refractivity contribution is 9.10. The fourth-order valence-electron chi connectivity index (χ4n) is 1.22. The lowest BCUT2D eigenvalue weighted by Crippen LogP contribution is -2.11. The van der Waals surface area contributed by atoms with E-state index in [2.05, 4.69) is 46.8 Å². The molecule has 4 heteroatoms. The molecule has 2 heterocycles. The van der Waals surface area contributed by atoms with Crippen LogP contribution >= 0.6 is 15.9 Å². The van der Waals surface area contributed by atoms with E-state index < -0.39 is 0 Å². The summed E-state index contributed by atoms with van der Waals surface area (Å²) in [5.41, 5.74) is 2.02. The van der Waals surface area contributed by atoms with Crippen molar-refractivity contribution in [1.29, 1.82) is 0 Å². The van der Waals surface area contributed by atoms with Gasteiger partial charge in [-0.05, 0) is 15.9 Å². The van der Waals surface area contributed by atoms with Crippen molar-refractivity contribution in [3.8, 4) is 0 Å². The molecule has 0 aliphatic rings. The normalized spacial score (nSPS) is 12.3. The highest BCUT2D eigenvalue weighted by Gasteiger charge is 2.17. The van der Waals surface area contributed by atoms with Crippen LogP contribution in [0, 0.1) is 0 Å². The third-order valence-corrected chi connectivity index (χ3v) is 2.46. The molecular formula is C10H12BrN3. The Labute approximate surface area is 91.3 Å². The van der Waals surface area contributed by atoms with Crippen LogP contribution in [0.5, 0.6) is 0 Å². The predicted molar refractivity (Wildman–Crippen MR) is 59.4 cm³/mol. The van der Waals surface area contributed by atoms with Gasteiger partial charge in [0, 0.05) is 23.9 Å². The van der Waals surface area contributed by atoms with Gasteiger partial charge in [0.25, 0.3) is 0 Å². The maximum Gasteiger partial charge on any atom is 0.155 e. The molecule has 0 unspecified atom stereocenters. The molecule has 0 radical (unpaired) electrons. The van der Waals surface area contributed by atoms with Crippen LogP contribution in [-0.4, -0.2) is 14.6 Å². The van der Waals surface area contributed by atoms with Crippen LogP contribution in [0.1, 0.15) is 26.5 Å². The Morgan fingerprint density at radius 1 is 1.36 bits per heavy atom. The first-order chi connectivity index (χ1) is 6.47. The van der Waals surface area contributed by atoms with Gasteiger partial charge in [-0.3, -0.25) is 0 Å². The third-order valence-electron chi connectivity index (χ3n) is 2.05. The summed E-state index contributed by atoms with van der Waals surface area (Å²) in [4.78, 5) is 4.27. The molecule has 0 aromatic carbocycles. The van der Waals surface area contributed by atoms with Gasteiger partial charge in [0.15, 0.2) is 5.65 Å². The van der Waals surface area contributed by atoms with Crippen LogP contribution in [0.25, 0.3) is 5.65 Å². The molecule has 2 rings (SSSR count). The summed E-state index contributed by atoms with van der Waals surface area (Å²) in [6, 6.07) is 2.02. The van der Waals surface area contributed by atoms with E-state index in [-0.39, 0.29) is 5.41 Å². The smallest absolute Gasteiger partial charge is 0.155 e. The molecule has 0 bridgehead atoms. The Kier molecular flexibility index (Phi) is 2.10. The number of aromatic nitrogens is 3. The number of rotatable bonds is 0. The van der Waals surface area contributed by atoms with Crippen molar-refractivity contribution in [2.24, 2.45) is 0 Å². The zero-order valence-corrected chi connectivity index (χ0v) is 10.0. The van der Waals surface area contributed by atoms with Crippen LogP contribution in [0.3, 0.4) is 0 Å². The maximum absolute atomic E-state index is 4.47. The first-order valence-corrected chi connectivity index (χ1v) is 5.27. The summed E-state index contributed by atoms with van der Waals surface area (Å²) < 4.78 is 2.73. The van der Waals surface area contributed by atoms with E-state index in [1.54, 1.807) is 10.7 Å². The van der Waals surface area contributed by atoms with Gasteiger partial charge in [-0.15, -0.1) is 0 Å². The van der Waals surface area contributed by atoms with Crippen LogP contribution in [-0.2, 0) is 5.41 Å². The fraction of sp³-hybridized carbons (Fsp3) is 0.400. The van der Waals surface area contributed by atoms with Crippen LogP contribution in [0.2, 0.25) is 0 Å². The molecule has 0 aliphatic carbocycles. The molecule has 0 aliphatic heterocycles. The Morgan fingerprint density at radius 2 is 2.07 bits per heavy atom. The largest absolute Gasteiger partial charge is 0.236 e. The summed E-state index contributed by atoms with van der Waals surface area (Å²) in [5.74, 6) is 0. The molecule has 14 heavy (non-hydrogen) atoms. The zero-order valence-electron chi connectivity index (χ0n) is 8.45. The summed E-state index contributed by atoms with van der Waals surface area (Å²) in [7, 11) is 0. The van der Waals surface area contributed by atoms with Gasteiger partial charge in [0.2, 0.25) is 0 Å². The van der Waals surface area contributed by atoms with Crippen LogP contribution in [0.4, 0.5) is 0 Å². The van der Waals surface area contributed by atoms with E-state index in [4.69, 9.17) is 0 Å². The fourth-order valence-corrected chi connectivity index (χ4v) is 1.52. The van der Waals surface area contributed by atoms with Crippen molar-refractivity contribution >= 4 is 21.6 Å². The van der Waals surface area contributed by atoms with E-state index in [0.29, 0.717) is 0 Å². The number of nitrogens with zero attached hydrogens (tertiary/aromatic N) is 3. The van der Waals surface area contributed by atoms with Gasteiger partial charge >= 0.3 is 0 Å². The van der Waals surface area contributed by atoms with Crippen LogP contribution < -0.4 is 0 Å². The highest BCUT2D eigenvalue weighted by atomic mass is 79.9. The van der Waals surface area contributed by atoms with Crippen molar-refractivity contribution in [2.45, 2.75) is 26.2 Å². The maximum atomic E-state index is 4.47. The predicted octanol–water partition coefficient (Wildman–Crippen LogP) is 2.79. The lowest BCUT2D eigenvalue weighted by molar-refractivity contribution is 0.562. The molecule has 2 aromatic rings. The Balaban J connectivity index is 2.63. The molecule has 0 spiro atoms. The van der Waals surface area contributed by atoms with Crippen molar-refractivity contribution in [3.63, 3.8) is 0 Å². The minimum absolute atomic E-state index is 0.0696. The molecular weight excluding hydrogens is 242 g/mol. The Bertz CT molecular complexity index is 468. The number of halogens is 1. The van der Waals surface area contributed by atoms with E-state index in [0.717, 1.165) is 15.8 Å². The zero-order chi connectivity index (χ0) is 10.3. The van der Waals surface area contributed by atoms with Gasteiger partial charge in [-0.1, -0.05) is 20.8 Å². The van der Waals surface area contributed by atoms with Gasteiger partial charge in [-0.2, -0.15) is 5.10 Å². The van der Waals surface area contributed by atoms with E-state index in [9.17, 15) is 0 Å². The average molecular weight is 254 g/mol.